The molecule has 2 saturated heterocycles. The third kappa shape index (κ3) is 18.0. The van der Waals surface area contributed by atoms with Crippen LogP contribution < -0.4 is 30.0 Å². The molecule has 1 unspecified atom stereocenters. The molecule has 0 aromatic heterocycles. The topological polar surface area (TPSA) is 210 Å². The van der Waals surface area contributed by atoms with Gasteiger partial charge in [-0.2, -0.15) is 0 Å². The number of hydrogen-bond acceptors (Lipinski definition) is 13. The molecule has 80 heavy (non-hydrogen) atoms. The van der Waals surface area contributed by atoms with Gasteiger partial charge in [-0.05, 0) is 186 Å². The van der Waals surface area contributed by atoms with E-state index in [0.717, 1.165) is 76.8 Å². The summed E-state index contributed by atoms with van der Waals surface area (Å²) in [6.45, 7) is 4.96. The molecule has 2 aliphatic carbocycles. The number of amides is 1. The number of nitrogens with zero attached hydrogens (tertiary/aromatic N) is 2. The predicted molar refractivity (Wildman–Crippen MR) is 300 cm³/mol. The Morgan fingerprint density at radius 1 is 0.575 bits per heavy atom. The minimum atomic E-state index is -1.53. The number of carboxylic acid groups (broad SMARTS) is 1. The average Bonchev–Trinajstić information content (AvgIpc) is 4.34. The van der Waals surface area contributed by atoms with Gasteiger partial charge < -0.3 is 55.1 Å². The molecule has 4 fully saturated rings. The maximum absolute atomic E-state index is 13.2. The molecule has 6 aromatic rings. The van der Waals surface area contributed by atoms with Gasteiger partial charge in [0.1, 0.15) is 52.2 Å². The van der Waals surface area contributed by atoms with Crippen molar-refractivity contribution in [2.24, 2.45) is 5.73 Å². The number of rotatable bonds is 21. The van der Waals surface area contributed by atoms with Crippen molar-refractivity contribution in [2.75, 3.05) is 39.3 Å². The van der Waals surface area contributed by atoms with Crippen LogP contribution in [0.5, 0.6) is 34.5 Å². The Morgan fingerprint density at radius 3 is 1.43 bits per heavy atom. The number of hydrogen-bond donors (Lipinski definition) is 5. The summed E-state index contributed by atoms with van der Waals surface area (Å²) in [7, 11) is 0. The second-order valence-corrected chi connectivity index (χ2v) is 20.6. The molecule has 424 valence electrons. The number of nitrogens with two attached hydrogens (primary N) is 1. The van der Waals surface area contributed by atoms with Gasteiger partial charge in [-0.25, -0.2) is 13.6 Å². The maximum atomic E-state index is 13.2. The van der Waals surface area contributed by atoms with Gasteiger partial charge in [0.05, 0.1) is 34.4 Å². The fourth-order valence-corrected chi connectivity index (χ4v) is 9.27. The summed E-state index contributed by atoms with van der Waals surface area (Å²) in [5.74, 6) is -2.23. The van der Waals surface area contributed by atoms with Crippen LogP contribution in [0.4, 0.5) is 8.78 Å². The normalized spacial score (nSPS) is 16.4. The fourth-order valence-electron chi connectivity index (χ4n) is 8.80. The number of carboxylic acids is 1. The van der Waals surface area contributed by atoms with Crippen molar-refractivity contribution in [3.63, 3.8) is 0 Å². The lowest BCUT2D eigenvalue weighted by molar-refractivity contribution is -0.131. The SMILES string of the molecule is C.N[C@H](CN1CCCC1)C(O)c1ccc(OC2CC2)c(Cl)c1.O=C(N[C@H](CN1CCCC1)[C@H](O)c1ccc(OC2CC2)c(Cl)c1)C(=O)c1cccc(Oc2ccc(F)cc2)c1.O=C(O)C(=O)c1cccc(Oc2ccc(F)cc2)c1. The van der Waals surface area contributed by atoms with Crippen molar-refractivity contribution >= 4 is 46.6 Å². The van der Waals surface area contributed by atoms with E-state index >= 15 is 0 Å². The summed E-state index contributed by atoms with van der Waals surface area (Å²) in [5, 5.41) is 34.0. The molecule has 6 aromatic carbocycles. The van der Waals surface area contributed by atoms with E-state index in [4.69, 9.17) is 53.0 Å². The molecule has 0 spiro atoms. The van der Waals surface area contributed by atoms with Crippen LogP contribution in [0.15, 0.2) is 133 Å². The molecule has 0 radical (unpaired) electrons. The first-order chi connectivity index (χ1) is 38.0. The highest BCUT2D eigenvalue weighted by molar-refractivity contribution is 6.43. The van der Waals surface area contributed by atoms with Crippen LogP contribution in [0, 0.1) is 11.6 Å². The monoisotopic (exact) mass is 1140 g/mol. The van der Waals surface area contributed by atoms with E-state index in [2.05, 4.69) is 15.1 Å². The number of benzene rings is 6. The fraction of sp³-hybridized carbons (Fsp3) is 0.344. The zero-order valence-corrected chi connectivity index (χ0v) is 44.7. The Hall–Kier alpha value is -6.96. The van der Waals surface area contributed by atoms with E-state index < -0.39 is 47.5 Å². The average molecular weight is 1140 g/mol. The predicted octanol–water partition coefficient (Wildman–Crippen LogP) is 11.2. The van der Waals surface area contributed by atoms with Gasteiger partial charge in [0, 0.05) is 30.3 Å². The number of carbonyl (C=O) groups excluding carboxylic acids is 3. The van der Waals surface area contributed by atoms with Crippen LogP contribution in [0.3, 0.4) is 0 Å². The van der Waals surface area contributed by atoms with Crippen molar-refractivity contribution in [1.29, 1.82) is 0 Å². The number of likely N-dealkylation sites (tertiary alicyclic amines) is 2. The van der Waals surface area contributed by atoms with Gasteiger partial charge in [0.15, 0.2) is 0 Å². The molecular formula is C61H66Cl2F2N4O11. The van der Waals surface area contributed by atoms with E-state index in [9.17, 15) is 38.2 Å². The molecule has 2 aliphatic heterocycles. The number of aliphatic carboxylic acids is 1. The van der Waals surface area contributed by atoms with Crippen LogP contribution in [0.25, 0.3) is 0 Å². The van der Waals surface area contributed by atoms with Crippen molar-refractivity contribution in [1.82, 2.24) is 15.1 Å². The smallest absolute Gasteiger partial charge is 0.377 e. The largest absolute Gasteiger partial charge is 0.489 e. The second kappa shape index (κ2) is 29.0. The van der Waals surface area contributed by atoms with Gasteiger partial charge in [-0.3, -0.25) is 14.4 Å². The summed E-state index contributed by atoms with van der Waals surface area (Å²) >= 11 is 12.7. The summed E-state index contributed by atoms with van der Waals surface area (Å²) < 4.78 is 48.5. The molecule has 4 atom stereocenters. The van der Waals surface area contributed by atoms with Gasteiger partial charge in [0.25, 0.3) is 11.7 Å². The third-order valence-electron chi connectivity index (χ3n) is 13.3. The number of Topliss-reactive ketones (excluding diaryl/α,β-unsaturated/α-hetero) is 2. The van der Waals surface area contributed by atoms with E-state index in [1.54, 1.807) is 42.5 Å². The molecule has 6 N–H and O–H groups in total. The van der Waals surface area contributed by atoms with E-state index in [1.165, 1.54) is 91.7 Å². The highest BCUT2D eigenvalue weighted by atomic mass is 35.5. The number of aliphatic hydroxyl groups excluding tert-OH is 2. The first-order valence-electron chi connectivity index (χ1n) is 26.2. The van der Waals surface area contributed by atoms with Crippen LogP contribution in [-0.4, -0.2) is 112 Å². The molecular weight excluding hydrogens is 1070 g/mol. The first-order valence-corrected chi connectivity index (χ1v) is 27.0. The Balaban J connectivity index is 0.000000190. The number of carbonyl (C=O) groups is 4. The van der Waals surface area contributed by atoms with Gasteiger partial charge in [-0.15, -0.1) is 0 Å². The molecule has 4 aliphatic rings. The Morgan fingerprint density at radius 2 is 1.00 bits per heavy atom. The lowest BCUT2D eigenvalue weighted by atomic mass is 10.0. The van der Waals surface area contributed by atoms with Gasteiger partial charge in [-0.1, -0.05) is 67.0 Å². The summed E-state index contributed by atoms with van der Waals surface area (Å²) in [6, 6.07) is 32.3. The van der Waals surface area contributed by atoms with Crippen molar-refractivity contribution in [2.45, 2.75) is 95.3 Å². The Kier molecular flexibility index (Phi) is 22.0. The minimum Gasteiger partial charge on any atom is -0.489 e. The Bertz CT molecular complexity index is 3040. The van der Waals surface area contributed by atoms with E-state index in [-0.39, 0.29) is 36.5 Å². The van der Waals surface area contributed by atoms with Crippen molar-refractivity contribution in [3.8, 4) is 34.5 Å². The Labute approximate surface area is 474 Å². The summed E-state index contributed by atoms with van der Waals surface area (Å²) in [4.78, 5) is 52.5. The molecule has 19 heteroatoms. The van der Waals surface area contributed by atoms with E-state index in [0.29, 0.717) is 62.8 Å². The number of halogens is 4. The highest BCUT2D eigenvalue weighted by Gasteiger charge is 2.31. The summed E-state index contributed by atoms with van der Waals surface area (Å²) in [5.41, 5.74) is 7.58. The minimum absolute atomic E-state index is 0. The molecule has 2 saturated carbocycles. The zero-order chi connectivity index (χ0) is 56.0. The second-order valence-electron chi connectivity index (χ2n) is 19.8. The molecule has 0 bridgehead atoms. The molecule has 2 heterocycles. The molecule has 10 rings (SSSR count). The number of nitrogens with one attached hydrogen (secondary N) is 1. The van der Waals surface area contributed by atoms with E-state index in [1.807, 2.05) is 12.1 Å². The third-order valence-corrected chi connectivity index (χ3v) is 13.9. The van der Waals surface area contributed by atoms with Gasteiger partial charge in [0.2, 0.25) is 5.78 Å². The molecule has 15 nitrogen and oxygen atoms in total. The van der Waals surface area contributed by atoms with Crippen molar-refractivity contribution < 1.29 is 62.2 Å². The van der Waals surface area contributed by atoms with Crippen molar-refractivity contribution in [3.05, 3.63) is 177 Å². The lowest BCUT2D eigenvalue weighted by Crippen LogP contribution is -2.48. The van der Waals surface area contributed by atoms with Crippen LogP contribution in [0.1, 0.15) is 103 Å². The quantitative estimate of drug-likeness (QED) is 0.0335. The van der Waals surface area contributed by atoms with Gasteiger partial charge >= 0.3 is 5.97 Å². The zero-order valence-electron chi connectivity index (χ0n) is 43.2. The standard InChI is InChI=1S/C30H30ClFN2O5.C16H23ClN2O2.C14H9FO4.CH4/c31-25-17-20(6-13-27(25)39-23-11-12-23)28(35)26(18-34-14-1-2-15-34)33-30(37)29(36)19-4-3-5-24(16-19)38-22-9-7-21(32)8-10-22;17-13-9-11(3-6-15(13)21-12-4-5-12)16(20)14(18)10-19-7-1-2-8-19;15-10-4-6-11(7-5-10)19-12-3-1-2-9(8-12)13(16)14(17)18;/h3-10,13,16-17,23,26,28,35H,1-2,11-12,14-15,18H2,(H,33,37);3,6,9,12,14,16,20H,1-2,4-5,7-8,10,18H2;1-8H,(H,17,18);1H4/t26-,28-;14-,16?;;/m11../s1. The van der Waals surface area contributed by atoms with Crippen LogP contribution >= 0.6 is 23.2 Å². The van der Waals surface area contributed by atoms with Crippen LogP contribution in [0.2, 0.25) is 10.0 Å². The number of ether oxygens (including phenoxy) is 4. The first kappa shape index (κ1) is 60.7. The highest BCUT2D eigenvalue weighted by Crippen LogP contribution is 2.36. The van der Waals surface area contributed by atoms with Crippen LogP contribution in [-0.2, 0) is 9.59 Å². The number of aliphatic hydroxyl groups is 2. The number of ketones is 2. The lowest BCUT2D eigenvalue weighted by Gasteiger charge is -2.28. The molecule has 1 amide bonds. The maximum Gasteiger partial charge on any atom is 0.377 e. The summed E-state index contributed by atoms with van der Waals surface area (Å²) in [6.07, 6.45) is 7.43.